The fraction of sp³-hybridized carbons (Fsp3) is 0.500. The van der Waals surface area contributed by atoms with Gasteiger partial charge in [-0.25, -0.2) is 4.79 Å². The summed E-state index contributed by atoms with van der Waals surface area (Å²) in [4.78, 5) is 39.6. The number of aromatic nitrogens is 2. The van der Waals surface area contributed by atoms with Crippen LogP contribution in [0, 0.1) is 0 Å². The maximum atomic E-state index is 12.5. The highest BCUT2D eigenvalue weighted by Gasteiger charge is 2.26. The number of rotatable bonds is 6. The van der Waals surface area contributed by atoms with E-state index in [4.69, 9.17) is 9.47 Å². The van der Waals surface area contributed by atoms with E-state index in [2.05, 4.69) is 10.3 Å². The van der Waals surface area contributed by atoms with Crippen molar-refractivity contribution in [1.29, 1.82) is 0 Å². The summed E-state index contributed by atoms with van der Waals surface area (Å²) in [6, 6.07) is 8.07. The number of ether oxygens (including phenoxy) is 2. The Bertz CT molecular complexity index is 992. The number of likely N-dealkylation sites (tertiary alicyclic amines) is 1. The minimum atomic E-state index is -0.510. The number of carbonyl (C=O) groups is 1. The summed E-state index contributed by atoms with van der Waals surface area (Å²) in [6.07, 6.45) is 5.82. The first-order valence-corrected chi connectivity index (χ1v) is 10.8. The molecular formula is C22H29ClN4O5. The summed E-state index contributed by atoms with van der Waals surface area (Å²) in [5.74, 6) is 0.500. The molecule has 9 nitrogen and oxygen atoms in total. The van der Waals surface area contributed by atoms with Gasteiger partial charge in [0.2, 0.25) is 0 Å². The van der Waals surface area contributed by atoms with Crippen molar-refractivity contribution >= 4 is 18.3 Å². The van der Waals surface area contributed by atoms with Gasteiger partial charge in [-0.3, -0.25) is 19.1 Å². The van der Waals surface area contributed by atoms with Gasteiger partial charge in [0.25, 0.3) is 11.5 Å². The molecule has 0 spiro atoms. The van der Waals surface area contributed by atoms with Crippen molar-refractivity contribution in [3.05, 3.63) is 57.4 Å². The Morgan fingerprint density at radius 1 is 0.969 bits per heavy atom. The molecule has 0 atom stereocenters. The molecule has 2 aromatic rings. The molecule has 3 heterocycles. The Morgan fingerprint density at radius 3 is 2.28 bits per heavy atom. The predicted molar refractivity (Wildman–Crippen MR) is 122 cm³/mol. The number of nitrogens with one attached hydrogen (secondary N) is 2. The Hall–Kier alpha value is -2.62. The quantitative estimate of drug-likeness (QED) is 0.663. The molecule has 32 heavy (non-hydrogen) atoms. The molecule has 0 aliphatic carbocycles. The van der Waals surface area contributed by atoms with Crippen molar-refractivity contribution < 1.29 is 14.3 Å². The smallest absolute Gasteiger partial charge is 0.332 e. The first-order valence-electron chi connectivity index (χ1n) is 10.8. The minimum Gasteiger partial charge on any atom is -0.484 e. The number of hydrogen-bond donors (Lipinski definition) is 2. The number of H-pyrrole nitrogens is 1. The number of hydrogen-bond acceptors (Lipinski definition) is 6. The van der Waals surface area contributed by atoms with Gasteiger partial charge in [0.05, 0.1) is 17.9 Å². The van der Waals surface area contributed by atoms with Gasteiger partial charge in [0.15, 0.2) is 6.61 Å². The lowest BCUT2D eigenvalue weighted by Gasteiger charge is -2.35. The fourth-order valence-electron chi connectivity index (χ4n) is 4.00. The molecule has 2 fully saturated rings. The lowest BCUT2D eigenvalue weighted by molar-refractivity contribution is -0.137. The number of carbonyl (C=O) groups excluding carboxylic acids is 1. The highest BCUT2D eigenvalue weighted by atomic mass is 35.5. The topological polar surface area (TPSA) is 106 Å². The van der Waals surface area contributed by atoms with Crippen LogP contribution in [0.15, 0.2) is 46.1 Å². The number of halogens is 1. The molecule has 2 N–H and O–H groups in total. The maximum absolute atomic E-state index is 12.5. The molecule has 174 valence electrons. The van der Waals surface area contributed by atoms with E-state index >= 15 is 0 Å². The van der Waals surface area contributed by atoms with Gasteiger partial charge in [-0.1, -0.05) is 0 Å². The molecule has 0 bridgehead atoms. The molecule has 1 amide bonds. The second-order valence-corrected chi connectivity index (χ2v) is 7.93. The summed E-state index contributed by atoms with van der Waals surface area (Å²) in [5, 5.41) is 3.34. The van der Waals surface area contributed by atoms with Crippen LogP contribution in [-0.4, -0.2) is 65.4 Å². The lowest BCUT2D eigenvalue weighted by Crippen LogP contribution is -2.44. The van der Waals surface area contributed by atoms with Crippen molar-refractivity contribution in [1.82, 2.24) is 19.8 Å². The zero-order valence-corrected chi connectivity index (χ0v) is 18.6. The highest BCUT2D eigenvalue weighted by Crippen LogP contribution is 2.19. The van der Waals surface area contributed by atoms with E-state index in [1.54, 1.807) is 24.3 Å². The van der Waals surface area contributed by atoms with Crippen molar-refractivity contribution in [3.63, 3.8) is 0 Å². The summed E-state index contributed by atoms with van der Waals surface area (Å²) in [6.45, 7) is 3.37. The van der Waals surface area contributed by atoms with Gasteiger partial charge in [-0.05, 0) is 63.0 Å². The average molecular weight is 465 g/mol. The average Bonchev–Trinajstić information content (AvgIpc) is 2.79. The van der Waals surface area contributed by atoms with Gasteiger partial charge in [-0.15, -0.1) is 12.4 Å². The molecular weight excluding hydrogens is 436 g/mol. The number of piperidine rings is 2. The van der Waals surface area contributed by atoms with Crippen molar-refractivity contribution in [2.24, 2.45) is 0 Å². The zero-order chi connectivity index (χ0) is 21.6. The number of nitrogens with zero attached hydrogens (tertiary/aromatic N) is 2. The first kappa shape index (κ1) is 24.0. The summed E-state index contributed by atoms with van der Waals surface area (Å²) in [5.41, 5.74) is -0.360. The van der Waals surface area contributed by atoms with Crippen LogP contribution in [-0.2, 0) is 9.53 Å². The van der Waals surface area contributed by atoms with Crippen LogP contribution >= 0.6 is 12.4 Å². The molecule has 2 aliphatic rings. The number of aromatic amines is 1. The SMILES string of the molecule is Cl.O=C(COc1ccc(-n2ccc(=O)[nH]c2=O)cc1)N1CCC(OC2CCNCC2)CC1. The third-order valence-electron chi connectivity index (χ3n) is 5.77. The monoisotopic (exact) mass is 464 g/mol. The van der Waals surface area contributed by atoms with Gasteiger partial charge in [0, 0.05) is 25.4 Å². The van der Waals surface area contributed by atoms with E-state index in [9.17, 15) is 14.4 Å². The minimum absolute atomic E-state index is 0. The van der Waals surface area contributed by atoms with Crippen molar-refractivity contribution in [2.75, 3.05) is 32.8 Å². The van der Waals surface area contributed by atoms with E-state index in [-0.39, 0.29) is 31.0 Å². The lowest BCUT2D eigenvalue weighted by atomic mass is 10.1. The van der Waals surface area contributed by atoms with Gasteiger partial charge in [-0.2, -0.15) is 0 Å². The third-order valence-corrected chi connectivity index (χ3v) is 5.77. The van der Waals surface area contributed by atoms with E-state index in [0.29, 0.717) is 30.6 Å². The van der Waals surface area contributed by atoms with Crippen LogP contribution in [0.5, 0.6) is 5.75 Å². The summed E-state index contributed by atoms with van der Waals surface area (Å²) in [7, 11) is 0. The second kappa shape index (κ2) is 11.3. The van der Waals surface area contributed by atoms with Gasteiger partial charge in [0.1, 0.15) is 5.75 Å². The van der Waals surface area contributed by atoms with Crippen LogP contribution in [0.3, 0.4) is 0 Å². The van der Waals surface area contributed by atoms with E-state index in [0.717, 1.165) is 38.8 Å². The Morgan fingerprint density at radius 2 is 1.62 bits per heavy atom. The van der Waals surface area contributed by atoms with Crippen molar-refractivity contribution in [3.8, 4) is 11.4 Å². The highest BCUT2D eigenvalue weighted by molar-refractivity contribution is 5.85. The van der Waals surface area contributed by atoms with Crippen molar-refractivity contribution in [2.45, 2.75) is 37.9 Å². The van der Waals surface area contributed by atoms with Crippen LogP contribution in [0.2, 0.25) is 0 Å². The molecule has 0 unspecified atom stereocenters. The molecule has 0 saturated carbocycles. The Balaban J connectivity index is 0.00000289. The normalized spacial score (nSPS) is 17.6. The predicted octanol–water partition coefficient (Wildman–Crippen LogP) is 1.09. The zero-order valence-electron chi connectivity index (χ0n) is 17.8. The van der Waals surface area contributed by atoms with Crippen LogP contribution in [0.4, 0.5) is 0 Å². The Kier molecular flexibility index (Phi) is 8.49. The first-order chi connectivity index (χ1) is 15.1. The third kappa shape index (κ3) is 6.21. The van der Waals surface area contributed by atoms with Gasteiger partial charge < -0.3 is 19.7 Å². The number of amides is 1. The molecule has 2 saturated heterocycles. The molecule has 0 radical (unpaired) electrons. The van der Waals surface area contributed by atoms with Crippen LogP contribution in [0.25, 0.3) is 5.69 Å². The van der Waals surface area contributed by atoms with E-state index < -0.39 is 11.2 Å². The maximum Gasteiger partial charge on any atom is 0.332 e. The second-order valence-electron chi connectivity index (χ2n) is 7.93. The molecule has 1 aromatic heterocycles. The summed E-state index contributed by atoms with van der Waals surface area (Å²) >= 11 is 0. The standard InChI is InChI=1S/C22H28N4O5.ClH/c27-20-9-14-26(22(29)24-20)16-1-3-17(4-2-16)30-15-21(28)25-12-7-19(8-13-25)31-18-5-10-23-11-6-18;/h1-4,9,14,18-19,23H,5-8,10-13,15H2,(H,24,27,29);1H. The summed E-state index contributed by atoms with van der Waals surface area (Å²) < 4.78 is 13.2. The number of benzene rings is 1. The van der Waals surface area contributed by atoms with E-state index in [1.807, 2.05) is 4.90 Å². The molecule has 10 heteroatoms. The largest absolute Gasteiger partial charge is 0.484 e. The fourth-order valence-corrected chi connectivity index (χ4v) is 4.00. The van der Waals surface area contributed by atoms with Crippen LogP contribution < -0.4 is 21.3 Å². The molecule has 2 aliphatic heterocycles. The molecule has 4 rings (SSSR count). The Labute approximate surface area is 192 Å². The van der Waals surface area contributed by atoms with E-state index in [1.165, 1.54) is 16.8 Å². The molecule has 1 aromatic carbocycles. The van der Waals surface area contributed by atoms with Gasteiger partial charge >= 0.3 is 5.69 Å². The van der Waals surface area contributed by atoms with Crippen LogP contribution in [0.1, 0.15) is 25.7 Å².